The van der Waals surface area contributed by atoms with Crippen molar-refractivity contribution in [1.29, 1.82) is 0 Å². The van der Waals surface area contributed by atoms with E-state index in [0.717, 1.165) is 4.57 Å². The van der Waals surface area contributed by atoms with Crippen LogP contribution in [0.3, 0.4) is 0 Å². The van der Waals surface area contributed by atoms with Gasteiger partial charge in [0.15, 0.2) is 21.0 Å². The Morgan fingerprint density at radius 2 is 1.97 bits per heavy atom. The predicted octanol–water partition coefficient (Wildman–Crippen LogP) is -1.15. The number of aromatic nitrogens is 4. The summed E-state index contributed by atoms with van der Waals surface area (Å²) < 4.78 is 33.5. The minimum atomic E-state index is -3.43. The van der Waals surface area contributed by atoms with Gasteiger partial charge in [-0.25, -0.2) is 18.2 Å². The first kappa shape index (κ1) is 19.2. The first-order valence-corrected chi connectivity index (χ1v) is 10.5. The van der Waals surface area contributed by atoms with Gasteiger partial charge in [-0.2, -0.15) is 0 Å². The molecule has 11 nitrogen and oxygen atoms in total. The second-order valence-corrected chi connectivity index (χ2v) is 9.34. The Hall–Kier alpha value is -3.15. The van der Waals surface area contributed by atoms with E-state index in [1.165, 1.54) is 40.7 Å². The second-order valence-electron chi connectivity index (χ2n) is 7.06. The van der Waals surface area contributed by atoms with Crippen molar-refractivity contribution in [2.24, 2.45) is 14.1 Å². The maximum absolute atomic E-state index is 12.6. The topological polar surface area (TPSA) is 129 Å². The standard InChI is InChI=1S/C17H19N5O6S/c1-19-15-14(16(24)20(2)17(19)25)22(10-18-15)8-13(23)21-6-12(7-21)29(26,27)9-11-4-3-5-28-11/h3-5,10,12H,6-9H2,1-2H3. The summed E-state index contributed by atoms with van der Waals surface area (Å²) in [6, 6.07) is 3.22. The average molecular weight is 421 g/mol. The van der Waals surface area contributed by atoms with E-state index in [-0.39, 0.29) is 42.5 Å². The van der Waals surface area contributed by atoms with Crippen molar-refractivity contribution in [2.75, 3.05) is 13.1 Å². The summed E-state index contributed by atoms with van der Waals surface area (Å²) in [6.45, 7) is 0.00486. The highest BCUT2D eigenvalue weighted by Crippen LogP contribution is 2.21. The molecule has 0 N–H and O–H groups in total. The first-order valence-electron chi connectivity index (χ1n) is 8.81. The summed E-state index contributed by atoms with van der Waals surface area (Å²) in [7, 11) is -0.583. The molecule has 1 fully saturated rings. The van der Waals surface area contributed by atoms with Gasteiger partial charge in [-0.1, -0.05) is 0 Å². The van der Waals surface area contributed by atoms with Crippen LogP contribution in [0.25, 0.3) is 11.2 Å². The molecular formula is C17H19N5O6S. The number of amides is 1. The van der Waals surface area contributed by atoms with E-state index in [0.29, 0.717) is 5.76 Å². The van der Waals surface area contributed by atoms with Crippen molar-refractivity contribution < 1.29 is 17.6 Å². The Morgan fingerprint density at radius 3 is 2.62 bits per heavy atom. The van der Waals surface area contributed by atoms with E-state index in [2.05, 4.69) is 4.98 Å². The Balaban J connectivity index is 1.48. The lowest BCUT2D eigenvalue weighted by Gasteiger charge is -2.38. The van der Waals surface area contributed by atoms with Gasteiger partial charge in [0, 0.05) is 27.2 Å². The van der Waals surface area contributed by atoms with Crippen molar-refractivity contribution in [3.05, 3.63) is 51.3 Å². The van der Waals surface area contributed by atoms with Crippen molar-refractivity contribution in [3.8, 4) is 0 Å². The normalized spacial score (nSPS) is 15.0. The molecule has 3 aromatic rings. The smallest absolute Gasteiger partial charge is 0.332 e. The van der Waals surface area contributed by atoms with Gasteiger partial charge < -0.3 is 13.9 Å². The number of hydrogen-bond donors (Lipinski definition) is 0. The number of sulfone groups is 1. The van der Waals surface area contributed by atoms with Crippen LogP contribution in [0.15, 0.2) is 38.7 Å². The van der Waals surface area contributed by atoms with Gasteiger partial charge in [0.05, 0.1) is 17.8 Å². The van der Waals surface area contributed by atoms with Crippen molar-refractivity contribution in [2.45, 2.75) is 17.5 Å². The molecule has 29 heavy (non-hydrogen) atoms. The van der Waals surface area contributed by atoms with Crippen molar-refractivity contribution >= 4 is 26.9 Å². The molecule has 4 rings (SSSR count). The molecule has 1 aliphatic heterocycles. The lowest BCUT2D eigenvalue weighted by Crippen LogP contribution is -2.57. The Morgan fingerprint density at radius 1 is 1.24 bits per heavy atom. The van der Waals surface area contributed by atoms with Crippen LogP contribution in [0.2, 0.25) is 0 Å². The molecule has 154 valence electrons. The largest absolute Gasteiger partial charge is 0.468 e. The molecule has 0 aromatic carbocycles. The summed E-state index contributed by atoms with van der Waals surface area (Å²) in [6.07, 6.45) is 2.74. The summed E-state index contributed by atoms with van der Waals surface area (Å²) in [5.74, 6) is -0.172. The zero-order valence-electron chi connectivity index (χ0n) is 15.8. The zero-order chi connectivity index (χ0) is 20.9. The molecule has 0 unspecified atom stereocenters. The van der Waals surface area contributed by atoms with Crippen molar-refractivity contribution in [3.63, 3.8) is 0 Å². The van der Waals surface area contributed by atoms with Gasteiger partial charge in [0.2, 0.25) is 5.91 Å². The predicted molar refractivity (Wildman–Crippen MR) is 102 cm³/mol. The SMILES string of the molecule is Cn1c(=O)c2c(ncn2CC(=O)N2CC(S(=O)(=O)Cc3ccco3)C2)n(C)c1=O. The molecule has 4 heterocycles. The van der Waals surface area contributed by atoms with Crippen molar-refractivity contribution in [1.82, 2.24) is 23.6 Å². The van der Waals surface area contributed by atoms with Crippen LogP contribution in [0, 0.1) is 0 Å². The number of carbonyl (C=O) groups excluding carboxylic acids is 1. The number of aryl methyl sites for hydroxylation is 1. The number of hydrogen-bond acceptors (Lipinski definition) is 7. The number of fused-ring (bicyclic) bond motifs is 1. The summed E-state index contributed by atoms with van der Waals surface area (Å²) >= 11 is 0. The number of imidazole rings is 1. The Kier molecular flexibility index (Phi) is 4.45. The fourth-order valence-corrected chi connectivity index (χ4v) is 4.95. The van der Waals surface area contributed by atoms with Crippen LogP contribution in [0.1, 0.15) is 5.76 Å². The summed E-state index contributed by atoms with van der Waals surface area (Å²) in [5.41, 5.74) is -0.721. The third-order valence-corrected chi connectivity index (χ3v) is 7.16. The van der Waals surface area contributed by atoms with Crippen LogP contribution in [-0.2, 0) is 41.0 Å². The maximum Gasteiger partial charge on any atom is 0.332 e. The van der Waals surface area contributed by atoms with Gasteiger partial charge in [0.25, 0.3) is 5.56 Å². The highest BCUT2D eigenvalue weighted by Gasteiger charge is 2.40. The van der Waals surface area contributed by atoms with Gasteiger partial charge >= 0.3 is 5.69 Å². The van der Waals surface area contributed by atoms with E-state index in [4.69, 9.17) is 4.42 Å². The molecular weight excluding hydrogens is 402 g/mol. The number of carbonyl (C=O) groups is 1. The molecule has 1 saturated heterocycles. The summed E-state index contributed by atoms with van der Waals surface area (Å²) in [5, 5.41) is -0.648. The molecule has 1 aliphatic rings. The third-order valence-electron chi connectivity index (χ3n) is 5.15. The molecule has 0 aliphatic carbocycles. The molecule has 1 amide bonds. The lowest BCUT2D eigenvalue weighted by molar-refractivity contribution is -0.134. The van der Waals surface area contributed by atoms with Gasteiger partial charge in [-0.15, -0.1) is 0 Å². The van der Waals surface area contributed by atoms with Gasteiger partial charge in [0.1, 0.15) is 18.1 Å². The zero-order valence-corrected chi connectivity index (χ0v) is 16.6. The van der Waals surface area contributed by atoms with E-state index in [1.807, 2.05) is 0 Å². The third kappa shape index (κ3) is 3.18. The molecule has 0 radical (unpaired) electrons. The number of rotatable bonds is 5. The molecule has 0 bridgehead atoms. The van der Waals surface area contributed by atoms with Crippen LogP contribution in [-0.4, -0.2) is 56.2 Å². The van der Waals surface area contributed by atoms with Crippen LogP contribution in [0.4, 0.5) is 0 Å². The number of nitrogens with zero attached hydrogens (tertiary/aromatic N) is 5. The molecule has 0 saturated carbocycles. The van der Waals surface area contributed by atoms with Gasteiger partial charge in [-0.05, 0) is 12.1 Å². The van der Waals surface area contributed by atoms with E-state index >= 15 is 0 Å². The molecule has 0 atom stereocenters. The minimum absolute atomic E-state index is 0.0883. The lowest BCUT2D eigenvalue weighted by atomic mass is 10.2. The monoisotopic (exact) mass is 421 g/mol. The van der Waals surface area contributed by atoms with E-state index in [9.17, 15) is 22.8 Å². The molecule has 12 heteroatoms. The summed E-state index contributed by atoms with van der Waals surface area (Å²) in [4.78, 5) is 42.5. The number of likely N-dealkylation sites (tertiary alicyclic amines) is 1. The first-order chi connectivity index (χ1) is 13.7. The van der Waals surface area contributed by atoms with E-state index < -0.39 is 26.3 Å². The van der Waals surface area contributed by atoms with Crippen LogP contribution < -0.4 is 11.2 Å². The highest BCUT2D eigenvalue weighted by molar-refractivity contribution is 7.91. The van der Waals surface area contributed by atoms with Crippen LogP contribution in [0.5, 0.6) is 0 Å². The average Bonchev–Trinajstić information content (AvgIpc) is 3.26. The quantitative estimate of drug-likeness (QED) is 0.509. The van der Waals surface area contributed by atoms with E-state index in [1.54, 1.807) is 12.1 Å². The fourth-order valence-electron chi connectivity index (χ4n) is 3.34. The number of furan rings is 1. The Labute approximate surface area is 164 Å². The molecule has 3 aromatic heterocycles. The Bertz CT molecular complexity index is 1310. The molecule has 0 spiro atoms. The van der Waals surface area contributed by atoms with Gasteiger partial charge in [-0.3, -0.25) is 18.7 Å². The maximum atomic E-state index is 12.6. The minimum Gasteiger partial charge on any atom is -0.468 e. The second kappa shape index (κ2) is 6.72. The fraction of sp³-hybridized carbons (Fsp3) is 0.412. The van der Waals surface area contributed by atoms with Crippen LogP contribution >= 0.6 is 0 Å². The highest BCUT2D eigenvalue weighted by atomic mass is 32.2.